The van der Waals surface area contributed by atoms with Crippen LogP contribution < -0.4 is 14.5 Å². The summed E-state index contributed by atoms with van der Waals surface area (Å²) in [4.78, 5) is 16.8. The maximum Gasteiger partial charge on any atom is 0.227 e. The Morgan fingerprint density at radius 2 is 2.05 bits per heavy atom. The van der Waals surface area contributed by atoms with E-state index >= 15 is 0 Å². The molecule has 0 saturated carbocycles. The Balaban J connectivity index is 1.94. The van der Waals surface area contributed by atoms with Gasteiger partial charge in [-0.05, 0) is 17.5 Å². The lowest BCUT2D eigenvalue weighted by Gasteiger charge is -2.41. The van der Waals surface area contributed by atoms with Crippen LogP contribution in [0.4, 0.5) is 11.4 Å². The molecule has 2 heterocycles. The topological polar surface area (TPSA) is 32.8 Å². The maximum atomic E-state index is 12.6. The second-order valence-corrected chi connectivity index (χ2v) is 6.74. The number of rotatable bonds is 1. The van der Waals surface area contributed by atoms with Gasteiger partial charge in [0.25, 0.3) is 0 Å². The fraction of sp³-hybridized carbons (Fsp3) is 0.562. The zero-order valence-electron chi connectivity index (χ0n) is 12.5. The lowest BCUT2D eigenvalue weighted by Crippen LogP contribution is -2.47. The second kappa shape index (κ2) is 4.69. The highest BCUT2D eigenvalue weighted by Gasteiger charge is 2.32. The average Bonchev–Trinajstić information content (AvgIpc) is 2.37. The highest BCUT2D eigenvalue weighted by atomic mass is 16.5. The highest BCUT2D eigenvalue weighted by Crippen LogP contribution is 2.43. The zero-order chi connectivity index (χ0) is 14.3. The standard InChI is InChI=1S/C16H22N2O2/c1-16(2,3)11-14(19)18-8-7-17-9-10-20-13-6-4-5-12(18)15(13)17/h4-6H,7-11H2,1-3H3. The summed E-state index contributed by atoms with van der Waals surface area (Å²) in [6, 6.07) is 5.99. The van der Waals surface area contributed by atoms with Crippen molar-refractivity contribution in [3.8, 4) is 5.75 Å². The third kappa shape index (κ3) is 2.35. The van der Waals surface area contributed by atoms with E-state index < -0.39 is 0 Å². The maximum absolute atomic E-state index is 12.6. The quantitative estimate of drug-likeness (QED) is 0.789. The third-order valence-corrected chi connectivity index (χ3v) is 3.78. The predicted molar refractivity (Wildman–Crippen MR) is 80.6 cm³/mol. The van der Waals surface area contributed by atoms with Crippen molar-refractivity contribution >= 4 is 17.3 Å². The van der Waals surface area contributed by atoms with Gasteiger partial charge in [0.05, 0.1) is 12.2 Å². The summed E-state index contributed by atoms with van der Waals surface area (Å²) in [5.74, 6) is 1.11. The number of nitrogens with zero attached hydrogens (tertiary/aromatic N) is 2. The first-order valence-corrected chi connectivity index (χ1v) is 7.27. The minimum atomic E-state index is 0.0135. The molecule has 0 aliphatic carbocycles. The van der Waals surface area contributed by atoms with Gasteiger partial charge in [-0.15, -0.1) is 0 Å². The summed E-state index contributed by atoms with van der Waals surface area (Å²) < 4.78 is 5.72. The largest absolute Gasteiger partial charge is 0.489 e. The molecule has 0 unspecified atom stereocenters. The lowest BCUT2D eigenvalue weighted by atomic mass is 9.91. The van der Waals surface area contributed by atoms with Gasteiger partial charge in [0, 0.05) is 19.5 Å². The number of hydrogen-bond acceptors (Lipinski definition) is 3. The van der Waals surface area contributed by atoms with Gasteiger partial charge in [-0.2, -0.15) is 0 Å². The van der Waals surface area contributed by atoms with Crippen molar-refractivity contribution in [2.24, 2.45) is 5.41 Å². The van der Waals surface area contributed by atoms with Gasteiger partial charge >= 0.3 is 0 Å². The minimum Gasteiger partial charge on any atom is -0.489 e. The van der Waals surface area contributed by atoms with Gasteiger partial charge in [0.15, 0.2) is 0 Å². The zero-order valence-corrected chi connectivity index (χ0v) is 12.5. The van der Waals surface area contributed by atoms with Gasteiger partial charge in [-0.1, -0.05) is 26.8 Å². The predicted octanol–water partition coefficient (Wildman–Crippen LogP) is 2.67. The molecular weight excluding hydrogens is 252 g/mol. The first-order chi connectivity index (χ1) is 9.46. The van der Waals surface area contributed by atoms with Crippen LogP contribution in [0.25, 0.3) is 0 Å². The summed E-state index contributed by atoms with van der Waals surface area (Å²) >= 11 is 0. The summed E-state index contributed by atoms with van der Waals surface area (Å²) in [5.41, 5.74) is 2.11. The first kappa shape index (κ1) is 13.3. The summed E-state index contributed by atoms with van der Waals surface area (Å²) in [6.07, 6.45) is 0.567. The molecule has 0 bridgehead atoms. The van der Waals surface area contributed by atoms with Crippen LogP contribution in [0, 0.1) is 5.41 Å². The number of para-hydroxylation sites is 1. The van der Waals surface area contributed by atoms with E-state index in [1.165, 1.54) is 0 Å². The third-order valence-electron chi connectivity index (χ3n) is 3.78. The van der Waals surface area contributed by atoms with E-state index in [9.17, 15) is 4.79 Å². The van der Waals surface area contributed by atoms with E-state index in [0.29, 0.717) is 6.42 Å². The van der Waals surface area contributed by atoms with E-state index in [0.717, 1.165) is 43.4 Å². The highest BCUT2D eigenvalue weighted by molar-refractivity contribution is 5.99. The van der Waals surface area contributed by atoms with E-state index in [1.54, 1.807) is 0 Å². The lowest BCUT2D eigenvalue weighted by molar-refractivity contribution is -0.120. The number of benzene rings is 1. The SMILES string of the molecule is CC(C)(C)CC(=O)N1CCN2CCOc3cccc1c32. The molecule has 0 spiro atoms. The van der Waals surface area contributed by atoms with Crippen molar-refractivity contribution in [1.82, 2.24) is 0 Å². The van der Waals surface area contributed by atoms with E-state index in [2.05, 4.69) is 25.7 Å². The molecule has 4 nitrogen and oxygen atoms in total. The van der Waals surface area contributed by atoms with Gasteiger partial charge in [-0.3, -0.25) is 4.79 Å². The Labute approximate surface area is 120 Å². The molecule has 108 valence electrons. The van der Waals surface area contributed by atoms with Crippen LogP contribution in [0.3, 0.4) is 0 Å². The van der Waals surface area contributed by atoms with Crippen molar-refractivity contribution in [3.63, 3.8) is 0 Å². The van der Waals surface area contributed by atoms with Crippen molar-refractivity contribution in [2.75, 3.05) is 36.0 Å². The van der Waals surface area contributed by atoms with Crippen molar-refractivity contribution in [2.45, 2.75) is 27.2 Å². The fourth-order valence-electron chi connectivity index (χ4n) is 2.91. The molecule has 0 saturated heterocycles. The Morgan fingerprint density at radius 3 is 2.80 bits per heavy atom. The van der Waals surface area contributed by atoms with Crippen LogP contribution in [0.2, 0.25) is 0 Å². The molecule has 2 aliphatic heterocycles. The molecule has 3 rings (SSSR count). The Kier molecular flexibility index (Phi) is 3.11. The number of carbonyl (C=O) groups excluding carboxylic acids is 1. The molecule has 1 aromatic rings. The molecule has 0 fully saturated rings. The smallest absolute Gasteiger partial charge is 0.227 e. The van der Waals surface area contributed by atoms with Gasteiger partial charge < -0.3 is 14.5 Å². The monoisotopic (exact) mass is 274 g/mol. The molecule has 1 amide bonds. The number of anilines is 2. The van der Waals surface area contributed by atoms with Crippen LogP contribution in [-0.2, 0) is 4.79 Å². The molecule has 20 heavy (non-hydrogen) atoms. The minimum absolute atomic E-state index is 0.0135. The van der Waals surface area contributed by atoms with Crippen molar-refractivity contribution in [1.29, 1.82) is 0 Å². The van der Waals surface area contributed by atoms with E-state index in [1.807, 2.05) is 23.1 Å². The average molecular weight is 274 g/mol. The molecule has 2 aliphatic rings. The Morgan fingerprint density at radius 1 is 1.25 bits per heavy atom. The van der Waals surface area contributed by atoms with Crippen LogP contribution in [0.15, 0.2) is 18.2 Å². The molecule has 0 aromatic heterocycles. The summed E-state index contributed by atoms with van der Waals surface area (Å²) in [5, 5.41) is 0. The van der Waals surface area contributed by atoms with Crippen LogP contribution in [0.5, 0.6) is 5.75 Å². The van der Waals surface area contributed by atoms with Gasteiger partial charge in [-0.25, -0.2) is 0 Å². The first-order valence-electron chi connectivity index (χ1n) is 7.27. The molecule has 0 N–H and O–H groups in total. The van der Waals surface area contributed by atoms with Gasteiger partial charge in [0.1, 0.15) is 18.0 Å². The van der Waals surface area contributed by atoms with E-state index in [-0.39, 0.29) is 11.3 Å². The summed E-state index contributed by atoms with van der Waals surface area (Å²) in [7, 11) is 0. The van der Waals surface area contributed by atoms with E-state index in [4.69, 9.17) is 4.74 Å². The molecule has 0 atom stereocenters. The number of ether oxygens (including phenoxy) is 1. The number of amides is 1. The summed E-state index contributed by atoms with van der Waals surface area (Å²) in [6.45, 7) is 9.60. The number of carbonyl (C=O) groups is 1. The molecule has 1 aromatic carbocycles. The number of hydrogen-bond donors (Lipinski definition) is 0. The Hall–Kier alpha value is -1.71. The van der Waals surface area contributed by atoms with Gasteiger partial charge in [0.2, 0.25) is 5.91 Å². The van der Waals surface area contributed by atoms with Crippen LogP contribution in [0.1, 0.15) is 27.2 Å². The molecule has 4 heteroatoms. The fourth-order valence-corrected chi connectivity index (χ4v) is 2.91. The molecular formula is C16H22N2O2. The van der Waals surface area contributed by atoms with Crippen LogP contribution >= 0.6 is 0 Å². The van der Waals surface area contributed by atoms with Crippen molar-refractivity contribution < 1.29 is 9.53 Å². The molecule has 0 radical (unpaired) electrons. The normalized spacial score (nSPS) is 17.6. The Bertz CT molecular complexity index is 534. The van der Waals surface area contributed by atoms with Crippen LogP contribution in [-0.4, -0.2) is 32.1 Å². The second-order valence-electron chi connectivity index (χ2n) is 6.74. The van der Waals surface area contributed by atoms with Crippen molar-refractivity contribution in [3.05, 3.63) is 18.2 Å².